The lowest BCUT2D eigenvalue weighted by Crippen LogP contribution is -2.51. The quantitative estimate of drug-likeness (QED) is 0.146. The molecule has 0 spiro atoms. The second-order valence-electron chi connectivity index (χ2n) is 6.77. The van der Waals surface area contributed by atoms with Gasteiger partial charge in [0.05, 0.1) is 46.2 Å². The molecule has 0 fully saturated rings. The van der Waals surface area contributed by atoms with Crippen molar-refractivity contribution in [3.63, 3.8) is 0 Å². The number of Topliss-reactive ketones (excluding diaryl/α,β-unsaturated/α-hetero) is 2. The van der Waals surface area contributed by atoms with Gasteiger partial charge in [0.1, 0.15) is 0 Å². The normalized spacial score (nSPS) is 11.4. The summed E-state index contributed by atoms with van der Waals surface area (Å²) in [6, 6.07) is 12.0. The number of aliphatic hydroxyl groups excluding tert-OH is 1. The molecule has 0 amide bonds. The minimum atomic E-state index is -2.47. The molecule has 2 rings (SSSR count). The van der Waals surface area contributed by atoms with Crippen molar-refractivity contribution >= 4 is 22.9 Å². The average molecular weight is 432 g/mol. The number of nitrogens with two attached hydrogens (primary N) is 2. The first-order valence-corrected chi connectivity index (χ1v) is 9.75. The lowest BCUT2D eigenvalue weighted by Gasteiger charge is -2.25. The van der Waals surface area contributed by atoms with Gasteiger partial charge in [-0.05, 0) is 24.3 Å². The summed E-state index contributed by atoms with van der Waals surface area (Å²) in [4.78, 5) is 26.2. The molecule has 31 heavy (non-hydrogen) atoms. The lowest BCUT2D eigenvalue weighted by molar-refractivity contribution is -0.0346. The number of ether oxygens (including phenoxy) is 3. The van der Waals surface area contributed by atoms with E-state index in [1.165, 1.54) is 24.3 Å². The highest BCUT2D eigenvalue weighted by atomic mass is 16.5. The summed E-state index contributed by atoms with van der Waals surface area (Å²) in [7, 11) is 0. The summed E-state index contributed by atoms with van der Waals surface area (Å²) >= 11 is 0. The molecular weight excluding hydrogens is 404 g/mol. The van der Waals surface area contributed by atoms with E-state index < -0.39 is 23.8 Å². The summed E-state index contributed by atoms with van der Waals surface area (Å²) in [5.41, 5.74) is 9.82. The van der Waals surface area contributed by atoms with E-state index in [1.54, 1.807) is 24.3 Å². The molecule has 0 aromatic heterocycles. The van der Waals surface area contributed by atoms with Gasteiger partial charge in [0.2, 0.25) is 17.2 Å². The van der Waals surface area contributed by atoms with Crippen molar-refractivity contribution in [3.8, 4) is 0 Å². The van der Waals surface area contributed by atoms with Crippen LogP contribution in [0.2, 0.25) is 0 Å². The summed E-state index contributed by atoms with van der Waals surface area (Å²) in [6.07, 6.45) is 0. The number of ketones is 2. The molecule has 0 aliphatic heterocycles. The van der Waals surface area contributed by atoms with Crippen LogP contribution in [-0.4, -0.2) is 73.6 Å². The third-order valence-electron chi connectivity index (χ3n) is 4.34. The highest BCUT2D eigenvalue weighted by Crippen LogP contribution is 2.22. The Labute approximate surface area is 180 Å². The Hall–Kier alpha value is -2.82. The van der Waals surface area contributed by atoms with Crippen LogP contribution < -0.4 is 11.5 Å². The molecule has 9 heteroatoms. The first-order chi connectivity index (χ1) is 14.9. The second kappa shape index (κ2) is 12.1. The highest BCUT2D eigenvalue weighted by Gasteiger charge is 2.45. The highest BCUT2D eigenvalue weighted by molar-refractivity contribution is 6.22. The summed E-state index contributed by atoms with van der Waals surface area (Å²) in [5, 5.41) is 19.8. The van der Waals surface area contributed by atoms with Gasteiger partial charge in [-0.2, -0.15) is 0 Å². The average Bonchev–Trinajstić information content (AvgIpc) is 2.76. The summed E-state index contributed by atoms with van der Waals surface area (Å²) in [6.45, 7) is 0.395. The largest absolute Gasteiger partial charge is 0.399 e. The van der Waals surface area contributed by atoms with Crippen molar-refractivity contribution in [2.45, 2.75) is 5.60 Å². The standard InChI is InChI=1S/C22H28N2O7/c23-18-5-1-3-16(13-18)20(26)22(28,21(27)17-4-2-6-19(24)14-17)15-31-12-11-30-10-9-29-8-7-25/h1-6,13-14,25,28H,7-12,15,23-24H2. The van der Waals surface area contributed by atoms with E-state index in [-0.39, 0.29) is 44.2 Å². The van der Waals surface area contributed by atoms with Gasteiger partial charge >= 0.3 is 0 Å². The van der Waals surface area contributed by atoms with Gasteiger partial charge in [-0.3, -0.25) is 9.59 Å². The fraction of sp³-hybridized carbons (Fsp3) is 0.364. The zero-order valence-electron chi connectivity index (χ0n) is 17.2. The van der Waals surface area contributed by atoms with E-state index in [9.17, 15) is 14.7 Å². The zero-order chi connectivity index (χ0) is 22.7. The van der Waals surface area contributed by atoms with E-state index in [2.05, 4.69) is 0 Å². The van der Waals surface area contributed by atoms with Crippen molar-refractivity contribution in [3.05, 3.63) is 59.7 Å². The lowest BCUT2D eigenvalue weighted by atomic mass is 9.86. The molecule has 0 saturated heterocycles. The predicted octanol–water partition coefficient (Wildman–Crippen LogP) is 0.690. The molecule has 0 radical (unpaired) electrons. The van der Waals surface area contributed by atoms with Gasteiger partial charge in [-0.15, -0.1) is 0 Å². The molecule has 9 nitrogen and oxygen atoms in total. The Morgan fingerprint density at radius 1 is 0.774 bits per heavy atom. The molecule has 6 N–H and O–H groups in total. The van der Waals surface area contributed by atoms with Crippen LogP contribution in [0.4, 0.5) is 11.4 Å². The molecule has 0 aliphatic rings. The van der Waals surface area contributed by atoms with Crippen molar-refractivity contribution in [2.75, 3.05) is 57.7 Å². The molecular formula is C22H28N2O7. The number of carbonyl (C=O) groups excluding carboxylic acids is 2. The Morgan fingerprint density at radius 3 is 1.68 bits per heavy atom. The third-order valence-corrected chi connectivity index (χ3v) is 4.34. The van der Waals surface area contributed by atoms with E-state index in [4.69, 9.17) is 30.8 Å². The Morgan fingerprint density at radius 2 is 1.23 bits per heavy atom. The van der Waals surface area contributed by atoms with E-state index in [0.717, 1.165) is 0 Å². The second-order valence-corrected chi connectivity index (χ2v) is 6.77. The number of aliphatic hydroxyl groups is 2. The minimum Gasteiger partial charge on any atom is -0.399 e. The van der Waals surface area contributed by atoms with Gasteiger partial charge in [0, 0.05) is 22.5 Å². The molecule has 0 atom stereocenters. The summed E-state index contributed by atoms with van der Waals surface area (Å²) in [5.74, 6) is -1.66. The molecule has 168 valence electrons. The molecule has 0 aliphatic carbocycles. The van der Waals surface area contributed by atoms with Crippen molar-refractivity contribution in [2.24, 2.45) is 0 Å². The fourth-order valence-electron chi connectivity index (χ4n) is 2.80. The molecule has 2 aromatic rings. The van der Waals surface area contributed by atoms with Crippen LogP contribution in [0.25, 0.3) is 0 Å². The van der Waals surface area contributed by atoms with Crippen molar-refractivity contribution in [1.82, 2.24) is 0 Å². The first-order valence-electron chi connectivity index (χ1n) is 9.75. The van der Waals surface area contributed by atoms with Gasteiger partial charge in [0.15, 0.2) is 0 Å². The minimum absolute atomic E-state index is 0.0384. The maximum absolute atomic E-state index is 13.1. The summed E-state index contributed by atoms with van der Waals surface area (Å²) < 4.78 is 15.8. The molecule has 0 heterocycles. The zero-order valence-corrected chi connectivity index (χ0v) is 17.2. The topological polar surface area (TPSA) is 154 Å². The van der Waals surface area contributed by atoms with Gasteiger partial charge < -0.3 is 35.9 Å². The molecule has 2 aromatic carbocycles. The van der Waals surface area contributed by atoms with Crippen LogP contribution in [-0.2, 0) is 14.2 Å². The number of anilines is 2. The molecule has 0 saturated carbocycles. The smallest absolute Gasteiger partial charge is 0.214 e. The number of carbonyl (C=O) groups is 2. The van der Waals surface area contributed by atoms with Crippen LogP contribution in [0.5, 0.6) is 0 Å². The number of nitrogen functional groups attached to an aromatic ring is 2. The van der Waals surface area contributed by atoms with Crippen LogP contribution in [0.3, 0.4) is 0 Å². The molecule has 0 bridgehead atoms. The van der Waals surface area contributed by atoms with Gasteiger partial charge in [-0.25, -0.2) is 0 Å². The van der Waals surface area contributed by atoms with Crippen LogP contribution in [0.15, 0.2) is 48.5 Å². The Kier molecular flexibility index (Phi) is 9.57. The van der Waals surface area contributed by atoms with E-state index in [1.807, 2.05) is 0 Å². The maximum Gasteiger partial charge on any atom is 0.214 e. The third kappa shape index (κ3) is 7.12. The SMILES string of the molecule is Nc1cccc(C(=O)C(O)(COCCOCCOCCO)C(=O)c2cccc(N)c2)c1. The Bertz CT molecular complexity index is 815. The number of rotatable bonds is 14. The maximum atomic E-state index is 13.1. The predicted molar refractivity (Wildman–Crippen MR) is 115 cm³/mol. The monoisotopic (exact) mass is 432 g/mol. The molecule has 0 unspecified atom stereocenters. The van der Waals surface area contributed by atoms with Gasteiger partial charge in [0.25, 0.3) is 0 Å². The Balaban J connectivity index is 2.07. The van der Waals surface area contributed by atoms with E-state index >= 15 is 0 Å². The van der Waals surface area contributed by atoms with Crippen molar-refractivity contribution in [1.29, 1.82) is 0 Å². The fourth-order valence-corrected chi connectivity index (χ4v) is 2.80. The van der Waals surface area contributed by atoms with E-state index in [0.29, 0.717) is 18.0 Å². The van der Waals surface area contributed by atoms with Gasteiger partial charge in [-0.1, -0.05) is 24.3 Å². The number of hydrogen-bond donors (Lipinski definition) is 4. The number of benzene rings is 2. The number of hydrogen-bond acceptors (Lipinski definition) is 9. The van der Waals surface area contributed by atoms with Crippen LogP contribution in [0, 0.1) is 0 Å². The van der Waals surface area contributed by atoms with Crippen LogP contribution in [0.1, 0.15) is 20.7 Å². The van der Waals surface area contributed by atoms with Crippen LogP contribution >= 0.6 is 0 Å². The first kappa shape index (κ1) is 24.4. The van der Waals surface area contributed by atoms with Crippen molar-refractivity contribution < 1.29 is 34.0 Å².